The summed E-state index contributed by atoms with van der Waals surface area (Å²) >= 11 is 0. The van der Waals surface area contributed by atoms with Crippen LogP contribution in [0.3, 0.4) is 0 Å². The summed E-state index contributed by atoms with van der Waals surface area (Å²) in [5, 5.41) is 4.91. The number of aromatic nitrogens is 1. The summed E-state index contributed by atoms with van der Waals surface area (Å²) in [5.41, 5.74) is 2.57. The van der Waals surface area contributed by atoms with Gasteiger partial charge in [0.15, 0.2) is 0 Å². The molecule has 1 aromatic heterocycles. The van der Waals surface area contributed by atoms with Crippen LogP contribution in [0.1, 0.15) is 24.8 Å². The van der Waals surface area contributed by atoms with E-state index in [1.165, 1.54) is 30.2 Å². The van der Waals surface area contributed by atoms with Gasteiger partial charge in [-0.25, -0.2) is 0 Å². The van der Waals surface area contributed by atoms with Crippen molar-refractivity contribution >= 4 is 10.9 Å². The molecule has 0 saturated heterocycles. The van der Waals surface area contributed by atoms with Gasteiger partial charge in [-0.3, -0.25) is 4.98 Å². The zero-order valence-corrected chi connectivity index (χ0v) is 12.0. The Bertz CT molecular complexity index is 606. The Morgan fingerprint density at radius 1 is 1.20 bits per heavy atom. The van der Waals surface area contributed by atoms with Crippen LogP contribution in [0.5, 0.6) is 0 Å². The molecule has 0 radical (unpaired) electrons. The Kier molecular flexibility index (Phi) is 2.99. The largest absolute Gasteiger partial charge is 0.316 e. The summed E-state index contributed by atoms with van der Waals surface area (Å²) in [6.07, 6.45) is 7.48. The maximum atomic E-state index is 4.47. The third kappa shape index (κ3) is 1.94. The van der Waals surface area contributed by atoms with Gasteiger partial charge in [-0.05, 0) is 61.8 Å². The highest BCUT2D eigenvalue weighted by Crippen LogP contribution is 2.59. The molecule has 0 spiro atoms. The van der Waals surface area contributed by atoms with Crippen LogP contribution in [-0.2, 0) is 6.42 Å². The molecule has 2 saturated carbocycles. The Morgan fingerprint density at radius 2 is 2.00 bits per heavy atom. The van der Waals surface area contributed by atoms with Gasteiger partial charge in [-0.2, -0.15) is 0 Å². The summed E-state index contributed by atoms with van der Waals surface area (Å²) in [6, 6.07) is 11.3. The lowest BCUT2D eigenvalue weighted by atomic mass is 9.95. The first-order chi connectivity index (χ1) is 9.88. The van der Waals surface area contributed by atoms with Crippen molar-refractivity contribution in [2.45, 2.75) is 31.7 Å². The lowest BCUT2D eigenvalue weighted by Gasteiger charge is -2.19. The molecule has 4 rings (SSSR count). The SMILES string of the molecule is CNC(Cc1ccnc2ccccc12)C1C2CCCC21. The van der Waals surface area contributed by atoms with Crippen molar-refractivity contribution in [3.05, 3.63) is 42.1 Å². The number of likely N-dealkylation sites (N-methyl/N-ethyl adjacent to an activating group) is 1. The van der Waals surface area contributed by atoms with Crippen LogP contribution < -0.4 is 5.32 Å². The molecule has 2 heteroatoms. The molecule has 2 fully saturated rings. The quantitative estimate of drug-likeness (QED) is 0.917. The van der Waals surface area contributed by atoms with Crippen LogP contribution in [0.25, 0.3) is 10.9 Å². The van der Waals surface area contributed by atoms with Crippen LogP contribution in [0.15, 0.2) is 36.5 Å². The minimum absolute atomic E-state index is 0.635. The van der Waals surface area contributed by atoms with Gasteiger partial charge in [0.05, 0.1) is 5.52 Å². The number of benzene rings is 1. The number of nitrogens with one attached hydrogen (secondary N) is 1. The van der Waals surface area contributed by atoms with Gasteiger partial charge in [0.1, 0.15) is 0 Å². The van der Waals surface area contributed by atoms with Crippen molar-refractivity contribution in [1.82, 2.24) is 10.3 Å². The fourth-order valence-electron chi connectivity index (χ4n) is 4.47. The van der Waals surface area contributed by atoms with E-state index in [1.54, 1.807) is 0 Å². The van der Waals surface area contributed by atoms with E-state index < -0.39 is 0 Å². The van der Waals surface area contributed by atoms with Crippen LogP contribution in [0.4, 0.5) is 0 Å². The molecule has 0 aliphatic heterocycles. The molecule has 3 unspecified atom stereocenters. The van der Waals surface area contributed by atoms with Crippen LogP contribution in [0.2, 0.25) is 0 Å². The van der Waals surface area contributed by atoms with Gasteiger partial charge in [-0.1, -0.05) is 24.6 Å². The van der Waals surface area contributed by atoms with Crippen LogP contribution >= 0.6 is 0 Å². The zero-order chi connectivity index (χ0) is 13.5. The zero-order valence-electron chi connectivity index (χ0n) is 12.0. The normalized spacial score (nSPS) is 29.4. The lowest BCUT2D eigenvalue weighted by molar-refractivity contribution is 0.429. The number of hydrogen-bond donors (Lipinski definition) is 1. The van der Waals surface area contributed by atoms with Crippen LogP contribution in [0, 0.1) is 17.8 Å². The molecule has 104 valence electrons. The van der Waals surface area contributed by atoms with E-state index in [-0.39, 0.29) is 0 Å². The molecule has 3 atom stereocenters. The van der Waals surface area contributed by atoms with Gasteiger partial charge in [0.2, 0.25) is 0 Å². The highest BCUT2D eigenvalue weighted by atomic mass is 14.9. The Morgan fingerprint density at radius 3 is 2.80 bits per heavy atom. The topological polar surface area (TPSA) is 24.9 Å². The molecule has 1 heterocycles. The number of pyridine rings is 1. The van der Waals surface area contributed by atoms with E-state index in [0.717, 1.165) is 29.7 Å². The minimum atomic E-state index is 0.635. The highest BCUT2D eigenvalue weighted by molar-refractivity contribution is 5.81. The number of para-hydroxylation sites is 1. The van der Waals surface area contributed by atoms with Crippen LogP contribution in [-0.4, -0.2) is 18.1 Å². The molecule has 2 nitrogen and oxygen atoms in total. The van der Waals surface area contributed by atoms with Gasteiger partial charge in [-0.15, -0.1) is 0 Å². The van der Waals surface area contributed by atoms with Crippen molar-refractivity contribution in [3.8, 4) is 0 Å². The molecule has 1 N–H and O–H groups in total. The smallest absolute Gasteiger partial charge is 0.0704 e. The first-order valence-corrected chi connectivity index (χ1v) is 7.88. The molecular weight excluding hydrogens is 244 g/mol. The number of nitrogens with zero attached hydrogens (tertiary/aromatic N) is 1. The molecule has 0 amide bonds. The molecule has 0 bridgehead atoms. The van der Waals surface area contributed by atoms with Crippen molar-refractivity contribution in [2.75, 3.05) is 7.05 Å². The van der Waals surface area contributed by atoms with E-state index in [0.29, 0.717) is 6.04 Å². The van der Waals surface area contributed by atoms with E-state index in [1.807, 2.05) is 6.20 Å². The number of rotatable bonds is 4. The summed E-state index contributed by atoms with van der Waals surface area (Å²) in [4.78, 5) is 4.47. The second-order valence-electron chi connectivity index (χ2n) is 6.42. The van der Waals surface area contributed by atoms with Crippen molar-refractivity contribution in [2.24, 2.45) is 17.8 Å². The van der Waals surface area contributed by atoms with E-state index in [9.17, 15) is 0 Å². The van der Waals surface area contributed by atoms with E-state index >= 15 is 0 Å². The van der Waals surface area contributed by atoms with E-state index in [4.69, 9.17) is 0 Å². The Hall–Kier alpha value is -1.41. The Balaban J connectivity index is 1.60. The van der Waals surface area contributed by atoms with E-state index in [2.05, 4.69) is 47.7 Å². The summed E-state index contributed by atoms with van der Waals surface area (Å²) in [7, 11) is 2.13. The van der Waals surface area contributed by atoms with Crippen molar-refractivity contribution < 1.29 is 0 Å². The first kappa shape index (κ1) is 12.3. The predicted molar refractivity (Wildman–Crippen MR) is 82.6 cm³/mol. The molecule has 2 aliphatic rings. The fourth-order valence-corrected chi connectivity index (χ4v) is 4.47. The van der Waals surface area contributed by atoms with Crippen molar-refractivity contribution in [1.29, 1.82) is 0 Å². The average molecular weight is 266 g/mol. The van der Waals surface area contributed by atoms with Crippen molar-refractivity contribution in [3.63, 3.8) is 0 Å². The molecule has 2 aromatic rings. The molecular formula is C18H22N2. The maximum absolute atomic E-state index is 4.47. The molecule has 1 aromatic carbocycles. The second-order valence-corrected chi connectivity index (χ2v) is 6.42. The standard InChI is InChI=1S/C18H22N2/c1-19-17(18-14-6-4-7-15(14)18)11-12-9-10-20-16-8-3-2-5-13(12)16/h2-3,5,8-10,14-15,17-19H,4,6-7,11H2,1H3. The predicted octanol–water partition coefficient (Wildman–Crippen LogP) is 3.41. The highest BCUT2D eigenvalue weighted by Gasteiger charge is 2.55. The van der Waals surface area contributed by atoms with Gasteiger partial charge >= 0.3 is 0 Å². The lowest BCUT2D eigenvalue weighted by Crippen LogP contribution is -2.31. The second kappa shape index (κ2) is 4.85. The number of hydrogen-bond acceptors (Lipinski definition) is 2. The molecule has 20 heavy (non-hydrogen) atoms. The number of fused-ring (bicyclic) bond motifs is 2. The van der Waals surface area contributed by atoms with Gasteiger partial charge in [0, 0.05) is 17.6 Å². The third-order valence-electron chi connectivity index (χ3n) is 5.49. The summed E-state index contributed by atoms with van der Waals surface area (Å²) < 4.78 is 0. The summed E-state index contributed by atoms with van der Waals surface area (Å²) in [5.74, 6) is 2.95. The molecule has 2 aliphatic carbocycles. The average Bonchev–Trinajstić information content (AvgIpc) is 2.96. The van der Waals surface area contributed by atoms with Gasteiger partial charge < -0.3 is 5.32 Å². The summed E-state index contributed by atoms with van der Waals surface area (Å²) in [6.45, 7) is 0. The fraction of sp³-hybridized carbons (Fsp3) is 0.500. The Labute approximate surface area is 120 Å². The maximum Gasteiger partial charge on any atom is 0.0704 e. The minimum Gasteiger partial charge on any atom is -0.316 e. The first-order valence-electron chi connectivity index (χ1n) is 7.88. The van der Waals surface area contributed by atoms with Gasteiger partial charge in [0.25, 0.3) is 0 Å². The monoisotopic (exact) mass is 266 g/mol. The third-order valence-corrected chi connectivity index (χ3v) is 5.49.